The first kappa shape index (κ1) is 11.9. The quantitative estimate of drug-likeness (QED) is 0.824. The number of nitriles is 1. The first-order chi connectivity index (χ1) is 8.72. The normalized spacial score (nSPS) is 9.78. The fourth-order valence-corrected chi connectivity index (χ4v) is 1.69. The van der Waals surface area contributed by atoms with Crippen LogP contribution in [0, 0.1) is 11.3 Å². The van der Waals surface area contributed by atoms with E-state index in [1.165, 1.54) is 6.07 Å². The van der Waals surface area contributed by atoms with Gasteiger partial charge < -0.3 is 9.30 Å². The Kier molecular flexibility index (Phi) is 3.44. The molecule has 0 aliphatic carbocycles. The monoisotopic (exact) mass is 240 g/mol. The van der Waals surface area contributed by atoms with Crippen molar-refractivity contribution in [3.05, 3.63) is 52.8 Å². The van der Waals surface area contributed by atoms with Crippen LogP contribution in [0.1, 0.15) is 0 Å². The van der Waals surface area contributed by atoms with E-state index >= 15 is 0 Å². The van der Waals surface area contributed by atoms with Gasteiger partial charge >= 0.3 is 0 Å². The lowest BCUT2D eigenvalue weighted by Gasteiger charge is -2.08. The maximum absolute atomic E-state index is 11.5. The molecule has 0 bridgehead atoms. The molecule has 0 radical (unpaired) electrons. The average Bonchev–Trinajstić information content (AvgIpc) is 2.40. The molecule has 0 amide bonds. The maximum Gasteiger partial charge on any atom is 0.250 e. The molecule has 0 atom stereocenters. The summed E-state index contributed by atoms with van der Waals surface area (Å²) in [4.78, 5) is 11.5. The summed E-state index contributed by atoms with van der Waals surface area (Å²) in [5.74, 6) is 0.640. The van der Waals surface area contributed by atoms with Crippen LogP contribution in [0.3, 0.4) is 0 Å². The second-order valence-corrected chi connectivity index (χ2v) is 3.78. The lowest BCUT2D eigenvalue weighted by Crippen LogP contribution is -2.16. The van der Waals surface area contributed by atoms with Gasteiger partial charge in [0.2, 0.25) is 0 Å². The molecule has 90 valence electrons. The molecule has 0 aliphatic heterocycles. The molecule has 0 N–H and O–H groups in total. The van der Waals surface area contributed by atoms with Crippen LogP contribution in [-0.2, 0) is 7.05 Å². The van der Waals surface area contributed by atoms with Crippen molar-refractivity contribution >= 4 is 0 Å². The predicted molar refractivity (Wildman–Crippen MR) is 68.2 cm³/mol. The fraction of sp³-hybridized carbons (Fsp3) is 0.143. The summed E-state index contributed by atoms with van der Waals surface area (Å²) >= 11 is 0. The van der Waals surface area contributed by atoms with Crippen molar-refractivity contribution in [1.29, 1.82) is 5.26 Å². The van der Waals surface area contributed by atoms with Gasteiger partial charge in [-0.05, 0) is 35.9 Å². The van der Waals surface area contributed by atoms with E-state index in [0.29, 0.717) is 5.75 Å². The minimum Gasteiger partial charge on any atom is -0.479 e. The predicted octanol–water partition coefficient (Wildman–Crippen LogP) is 1.95. The van der Waals surface area contributed by atoms with E-state index in [0.717, 1.165) is 11.3 Å². The molecule has 4 nitrogen and oxygen atoms in total. The Morgan fingerprint density at radius 2 is 1.94 bits per heavy atom. The van der Waals surface area contributed by atoms with Gasteiger partial charge in [-0.2, -0.15) is 5.26 Å². The smallest absolute Gasteiger partial charge is 0.250 e. The van der Waals surface area contributed by atoms with E-state index in [2.05, 4.69) is 0 Å². The summed E-state index contributed by atoms with van der Waals surface area (Å²) in [5.41, 5.74) is 1.73. The van der Waals surface area contributed by atoms with Crippen molar-refractivity contribution in [3.8, 4) is 23.1 Å². The molecule has 2 rings (SSSR count). The maximum atomic E-state index is 11.5. The molecule has 0 aliphatic rings. The third kappa shape index (κ3) is 2.41. The topological polar surface area (TPSA) is 55.0 Å². The summed E-state index contributed by atoms with van der Waals surface area (Å²) in [6.07, 6.45) is 0. The van der Waals surface area contributed by atoms with Gasteiger partial charge in [-0.1, -0.05) is 6.07 Å². The molecule has 0 fully saturated rings. The minimum absolute atomic E-state index is 0.0309. The molecule has 1 aromatic heterocycles. The largest absolute Gasteiger partial charge is 0.479 e. The van der Waals surface area contributed by atoms with Crippen LogP contribution in [0.2, 0.25) is 0 Å². The number of pyridine rings is 1. The molecular weight excluding hydrogens is 228 g/mol. The number of aromatic nitrogens is 1. The molecule has 0 saturated heterocycles. The van der Waals surface area contributed by atoms with E-state index in [1.807, 2.05) is 24.3 Å². The number of hydrogen-bond donors (Lipinski definition) is 0. The zero-order valence-corrected chi connectivity index (χ0v) is 9.96. The van der Waals surface area contributed by atoms with Gasteiger partial charge in [-0.3, -0.25) is 4.79 Å². The number of ether oxygens (including phenoxy) is 1. The third-order valence-corrected chi connectivity index (χ3v) is 2.64. The second kappa shape index (κ2) is 5.19. The standard InChI is InChI=1S/C14H12N2O2/c1-16-13(3-2-4-14(16)17)11-5-7-12(8-6-11)18-10-9-15/h2-8H,10H2,1H3. The van der Waals surface area contributed by atoms with Gasteiger partial charge in [0.1, 0.15) is 11.8 Å². The van der Waals surface area contributed by atoms with Gasteiger partial charge in [0.05, 0.1) is 5.69 Å². The molecule has 18 heavy (non-hydrogen) atoms. The van der Waals surface area contributed by atoms with Crippen molar-refractivity contribution in [3.63, 3.8) is 0 Å². The van der Waals surface area contributed by atoms with Gasteiger partial charge in [0, 0.05) is 13.1 Å². The molecule has 0 unspecified atom stereocenters. The number of nitrogens with zero attached hydrogens (tertiary/aromatic N) is 2. The fourth-order valence-electron chi connectivity index (χ4n) is 1.69. The van der Waals surface area contributed by atoms with Crippen LogP contribution in [0.25, 0.3) is 11.3 Å². The number of hydrogen-bond acceptors (Lipinski definition) is 3. The van der Waals surface area contributed by atoms with Crippen LogP contribution in [-0.4, -0.2) is 11.2 Å². The Hall–Kier alpha value is -2.54. The Bertz CT molecular complexity index is 636. The number of benzene rings is 1. The summed E-state index contributed by atoms with van der Waals surface area (Å²) in [6, 6.07) is 14.3. The third-order valence-electron chi connectivity index (χ3n) is 2.64. The zero-order valence-electron chi connectivity index (χ0n) is 9.96. The Balaban J connectivity index is 2.32. The van der Waals surface area contributed by atoms with E-state index in [4.69, 9.17) is 10.00 Å². The summed E-state index contributed by atoms with van der Waals surface area (Å²) in [5, 5.41) is 8.41. The zero-order chi connectivity index (χ0) is 13.0. The summed E-state index contributed by atoms with van der Waals surface area (Å²) in [6.45, 7) is 0.0309. The van der Waals surface area contributed by atoms with E-state index in [1.54, 1.807) is 29.8 Å². The Morgan fingerprint density at radius 1 is 1.22 bits per heavy atom. The van der Waals surface area contributed by atoms with Crippen molar-refractivity contribution < 1.29 is 4.74 Å². The van der Waals surface area contributed by atoms with E-state index in [9.17, 15) is 4.79 Å². The van der Waals surface area contributed by atoms with Crippen LogP contribution >= 0.6 is 0 Å². The summed E-state index contributed by atoms with van der Waals surface area (Å²) < 4.78 is 6.76. The highest BCUT2D eigenvalue weighted by atomic mass is 16.5. The van der Waals surface area contributed by atoms with E-state index in [-0.39, 0.29) is 12.2 Å². The average molecular weight is 240 g/mol. The van der Waals surface area contributed by atoms with Crippen molar-refractivity contribution in [1.82, 2.24) is 4.57 Å². The second-order valence-electron chi connectivity index (χ2n) is 3.78. The molecule has 1 heterocycles. The molecule has 0 spiro atoms. The highest BCUT2D eigenvalue weighted by Gasteiger charge is 2.02. The van der Waals surface area contributed by atoms with Crippen LogP contribution < -0.4 is 10.3 Å². The van der Waals surface area contributed by atoms with Crippen LogP contribution in [0.15, 0.2) is 47.3 Å². The molecule has 4 heteroatoms. The number of rotatable bonds is 3. The van der Waals surface area contributed by atoms with Crippen molar-refractivity contribution in [2.75, 3.05) is 6.61 Å². The Morgan fingerprint density at radius 3 is 2.61 bits per heavy atom. The Labute approximate surface area is 105 Å². The van der Waals surface area contributed by atoms with Crippen molar-refractivity contribution in [2.45, 2.75) is 0 Å². The van der Waals surface area contributed by atoms with Crippen molar-refractivity contribution in [2.24, 2.45) is 7.05 Å². The summed E-state index contributed by atoms with van der Waals surface area (Å²) in [7, 11) is 1.73. The van der Waals surface area contributed by atoms with Gasteiger partial charge in [0.15, 0.2) is 6.61 Å². The first-order valence-electron chi connectivity index (χ1n) is 5.48. The van der Waals surface area contributed by atoms with Gasteiger partial charge in [-0.25, -0.2) is 0 Å². The molecule has 2 aromatic rings. The SMILES string of the molecule is Cn1c(-c2ccc(OCC#N)cc2)cccc1=O. The first-order valence-corrected chi connectivity index (χ1v) is 5.48. The molecule has 1 aromatic carbocycles. The highest BCUT2D eigenvalue weighted by molar-refractivity contribution is 5.60. The van der Waals surface area contributed by atoms with Crippen LogP contribution in [0.5, 0.6) is 5.75 Å². The van der Waals surface area contributed by atoms with E-state index < -0.39 is 0 Å². The van der Waals surface area contributed by atoms with Gasteiger partial charge in [0.25, 0.3) is 5.56 Å². The molecular formula is C14H12N2O2. The van der Waals surface area contributed by atoms with Gasteiger partial charge in [-0.15, -0.1) is 0 Å². The minimum atomic E-state index is -0.0442. The molecule has 0 saturated carbocycles. The lowest BCUT2D eigenvalue weighted by molar-refractivity contribution is 0.368. The van der Waals surface area contributed by atoms with Crippen LogP contribution in [0.4, 0.5) is 0 Å². The lowest BCUT2D eigenvalue weighted by atomic mass is 10.1. The highest BCUT2D eigenvalue weighted by Crippen LogP contribution is 2.20.